The van der Waals surface area contributed by atoms with E-state index in [9.17, 15) is 22.4 Å². The van der Waals surface area contributed by atoms with E-state index in [2.05, 4.69) is 10.3 Å². The lowest BCUT2D eigenvalue weighted by molar-refractivity contribution is -0.138. The minimum absolute atomic E-state index is 0.289. The predicted octanol–water partition coefficient (Wildman–Crippen LogP) is 6.83. The van der Waals surface area contributed by atoms with Crippen LogP contribution in [0.1, 0.15) is 15.9 Å². The zero-order chi connectivity index (χ0) is 24.3. The third-order valence-electron chi connectivity index (χ3n) is 5.11. The Labute approximate surface area is 192 Å². The normalized spacial score (nSPS) is 11.2. The second-order valence-electron chi connectivity index (χ2n) is 7.36. The van der Waals surface area contributed by atoms with Crippen LogP contribution >= 0.6 is 0 Å². The van der Waals surface area contributed by atoms with Crippen molar-refractivity contribution in [2.24, 2.45) is 0 Å². The molecule has 4 nitrogen and oxygen atoms in total. The van der Waals surface area contributed by atoms with Crippen LogP contribution in [0.3, 0.4) is 0 Å². The molecule has 0 aliphatic rings. The highest BCUT2D eigenvalue weighted by molar-refractivity contribution is 6.05. The van der Waals surface area contributed by atoms with E-state index in [4.69, 9.17) is 4.74 Å². The van der Waals surface area contributed by atoms with Crippen LogP contribution in [0.25, 0.3) is 22.5 Å². The van der Waals surface area contributed by atoms with Gasteiger partial charge in [-0.2, -0.15) is 13.2 Å². The van der Waals surface area contributed by atoms with E-state index in [0.717, 1.165) is 34.7 Å². The highest BCUT2D eigenvalue weighted by Crippen LogP contribution is 2.33. The quantitative estimate of drug-likeness (QED) is 0.328. The van der Waals surface area contributed by atoms with Crippen LogP contribution in [0.2, 0.25) is 0 Å². The van der Waals surface area contributed by atoms with Gasteiger partial charge in [0.1, 0.15) is 11.6 Å². The number of pyridine rings is 1. The molecule has 0 radical (unpaired) electrons. The molecule has 8 heteroatoms. The van der Waals surface area contributed by atoms with Crippen LogP contribution in [-0.4, -0.2) is 18.0 Å². The summed E-state index contributed by atoms with van der Waals surface area (Å²) in [6.45, 7) is 0. The van der Waals surface area contributed by atoms with Crippen LogP contribution in [-0.2, 0) is 6.18 Å². The molecule has 3 aromatic carbocycles. The molecule has 0 unspecified atom stereocenters. The fraction of sp³-hybridized carbons (Fsp3) is 0.0769. The van der Waals surface area contributed by atoms with E-state index in [-0.39, 0.29) is 5.69 Å². The molecule has 0 atom stereocenters. The van der Waals surface area contributed by atoms with Gasteiger partial charge in [-0.1, -0.05) is 18.2 Å². The molecule has 0 spiro atoms. The lowest BCUT2D eigenvalue weighted by Crippen LogP contribution is -2.19. The van der Waals surface area contributed by atoms with Gasteiger partial charge >= 0.3 is 6.18 Å². The van der Waals surface area contributed by atoms with Crippen molar-refractivity contribution in [1.29, 1.82) is 0 Å². The van der Waals surface area contributed by atoms with Crippen molar-refractivity contribution < 1.29 is 27.1 Å². The minimum atomic E-state index is -4.86. The van der Waals surface area contributed by atoms with Gasteiger partial charge in [0.15, 0.2) is 0 Å². The number of hydrogen-bond acceptors (Lipinski definition) is 3. The second-order valence-corrected chi connectivity index (χ2v) is 7.36. The first-order valence-electron chi connectivity index (χ1n) is 10.1. The van der Waals surface area contributed by atoms with Gasteiger partial charge in [0.2, 0.25) is 0 Å². The van der Waals surface area contributed by atoms with E-state index in [1.54, 1.807) is 31.4 Å². The summed E-state index contributed by atoms with van der Waals surface area (Å²) in [6.07, 6.45) is -4.86. The van der Waals surface area contributed by atoms with E-state index in [1.807, 2.05) is 42.5 Å². The summed E-state index contributed by atoms with van der Waals surface area (Å²) in [7, 11) is 1.59. The first kappa shape index (κ1) is 23.0. The van der Waals surface area contributed by atoms with Gasteiger partial charge in [0.25, 0.3) is 5.91 Å². The molecule has 0 aliphatic heterocycles. The topological polar surface area (TPSA) is 51.2 Å². The first-order chi connectivity index (χ1) is 16.2. The van der Waals surface area contributed by atoms with Gasteiger partial charge in [-0.15, -0.1) is 0 Å². The molecule has 1 N–H and O–H groups in total. The van der Waals surface area contributed by atoms with Gasteiger partial charge in [-0.3, -0.25) is 4.79 Å². The summed E-state index contributed by atoms with van der Waals surface area (Å²) in [6, 6.07) is 21.5. The maximum absolute atomic E-state index is 13.3. The molecule has 4 aromatic rings. The summed E-state index contributed by atoms with van der Waals surface area (Å²) in [5.41, 5.74) is 1.40. The molecule has 0 fully saturated rings. The first-order valence-corrected chi connectivity index (χ1v) is 10.1. The molecule has 0 aliphatic carbocycles. The average molecular weight is 466 g/mol. The van der Waals surface area contributed by atoms with E-state index >= 15 is 0 Å². The number of hydrogen-bond donors (Lipinski definition) is 1. The predicted molar refractivity (Wildman–Crippen MR) is 121 cm³/mol. The highest BCUT2D eigenvalue weighted by Gasteiger charge is 2.35. The maximum atomic E-state index is 13.3. The number of carbonyl (C=O) groups excluding carboxylic acids is 1. The summed E-state index contributed by atoms with van der Waals surface area (Å²) in [5, 5.41) is 2.42. The third-order valence-corrected chi connectivity index (χ3v) is 5.11. The van der Waals surface area contributed by atoms with Crippen LogP contribution in [0.5, 0.6) is 5.75 Å². The van der Waals surface area contributed by atoms with Crippen molar-refractivity contribution in [1.82, 2.24) is 4.98 Å². The van der Waals surface area contributed by atoms with E-state index in [1.165, 1.54) is 0 Å². The lowest BCUT2D eigenvalue weighted by atomic mass is 10.1. The third kappa shape index (κ3) is 5.06. The van der Waals surface area contributed by atoms with E-state index in [0.29, 0.717) is 11.8 Å². The zero-order valence-corrected chi connectivity index (χ0v) is 17.9. The van der Waals surface area contributed by atoms with Crippen molar-refractivity contribution >= 4 is 11.6 Å². The molecule has 1 amide bonds. The number of halogens is 4. The Morgan fingerprint density at radius 1 is 0.853 bits per heavy atom. The average Bonchev–Trinajstić information content (AvgIpc) is 2.84. The Hall–Kier alpha value is -4.20. The van der Waals surface area contributed by atoms with E-state index < -0.39 is 29.0 Å². The smallest absolute Gasteiger partial charge is 0.417 e. The second kappa shape index (κ2) is 9.35. The Morgan fingerprint density at radius 2 is 1.44 bits per heavy atom. The number of rotatable bonds is 5. The van der Waals surface area contributed by atoms with Crippen molar-refractivity contribution in [3.8, 4) is 28.3 Å². The molecular weight excluding hydrogens is 448 g/mol. The van der Waals surface area contributed by atoms with Crippen molar-refractivity contribution in [3.63, 3.8) is 0 Å². The number of methoxy groups -OCH3 is 1. The fourth-order valence-corrected chi connectivity index (χ4v) is 3.39. The largest absolute Gasteiger partial charge is 0.497 e. The molecule has 1 aromatic heterocycles. The van der Waals surface area contributed by atoms with Crippen molar-refractivity contribution in [2.75, 3.05) is 12.4 Å². The summed E-state index contributed by atoms with van der Waals surface area (Å²) < 4.78 is 58.1. The van der Waals surface area contributed by atoms with Gasteiger partial charge in [0, 0.05) is 16.8 Å². The molecule has 0 saturated heterocycles. The van der Waals surface area contributed by atoms with Crippen LogP contribution in [0, 0.1) is 5.82 Å². The molecular formula is C26H18F4N2O2. The van der Waals surface area contributed by atoms with Crippen molar-refractivity contribution in [3.05, 3.63) is 102 Å². The number of aromatic nitrogens is 1. The molecule has 172 valence electrons. The SMILES string of the molecule is COc1ccc(-c2cccc(-c3ccc(NC(=O)c4ccc(F)cc4C(F)(F)F)cc3)n2)cc1. The van der Waals surface area contributed by atoms with Gasteiger partial charge < -0.3 is 10.1 Å². The number of alkyl halides is 3. The highest BCUT2D eigenvalue weighted by atomic mass is 19.4. The fourth-order valence-electron chi connectivity index (χ4n) is 3.39. The van der Waals surface area contributed by atoms with Gasteiger partial charge in [-0.25, -0.2) is 9.37 Å². The zero-order valence-electron chi connectivity index (χ0n) is 17.9. The van der Waals surface area contributed by atoms with Crippen LogP contribution < -0.4 is 10.1 Å². The standard InChI is InChI=1S/C26H18F4N2O2/c1-34-20-12-7-17(8-13-20)24-4-2-3-23(32-24)16-5-10-19(11-6-16)31-25(33)21-14-9-18(27)15-22(21)26(28,29)30/h2-15H,1H3,(H,31,33). The molecule has 0 bridgehead atoms. The number of anilines is 1. The minimum Gasteiger partial charge on any atom is -0.497 e. The molecule has 34 heavy (non-hydrogen) atoms. The Bertz CT molecular complexity index is 1320. The Morgan fingerprint density at radius 3 is 2.00 bits per heavy atom. The number of benzene rings is 3. The van der Waals surface area contributed by atoms with Crippen LogP contribution in [0.4, 0.5) is 23.2 Å². The summed E-state index contributed by atoms with van der Waals surface area (Å²) >= 11 is 0. The van der Waals surface area contributed by atoms with Gasteiger partial charge in [-0.05, 0) is 66.7 Å². The Kier molecular flexibility index (Phi) is 6.32. The van der Waals surface area contributed by atoms with Crippen molar-refractivity contribution in [2.45, 2.75) is 6.18 Å². The number of ether oxygens (including phenoxy) is 1. The monoisotopic (exact) mass is 466 g/mol. The number of carbonyl (C=O) groups is 1. The summed E-state index contributed by atoms with van der Waals surface area (Å²) in [5.74, 6) is -1.32. The molecule has 1 heterocycles. The number of nitrogens with zero attached hydrogens (tertiary/aromatic N) is 1. The number of amides is 1. The van der Waals surface area contributed by atoms with Crippen LogP contribution in [0.15, 0.2) is 84.9 Å². The molecule has 0 saturated carbocycles. The van der Waals surface area contributed by atoms with Gasteiger partial charge in [0.05, 0.1) is 29.6 Å². The lowest BCUT2D eigenvalue weighted by Gasteiger charge is -2.13. The molecule has 4 rings (SSSR count). The summed E-state index contributed by atoms with van der Waals surface area (Å²) in [4.78, 5) is 17.1. The Balaban J connectivity index is 1.54. The number of nitrogens with one attached hydrogen (secondary N) is 1. The maximum Gasteiger partial charge on any atom is 0.417 e.